The first-order valence-corrected chi connectivity index (χ1v) is 14.4. The monoisotopic (exact) mass is 611 g/mol. The Morgan fingerprint density at radius 3 is 1.98 bits per heavy atom. The molecule has 16 N–H and O–H groups in total. The second-order valence-corrected chi connectivity index (χ2v) is 12.0. The Morgan fingerprint density at radius 2 is 1.36 bits per heavy atom. The van der Waals surface area contributed by atoms with E-state index in [9.17, 15) is 30.6 Å². The zero-order valence-corrected chi connectivity index (χ0v) is 23.8. The first kappa shape index (κ1) is 34.2. The fourth-order valence-electron chi connectivity index (χ4n) is 5.98. The summed E-state index contributed by atoms with van der Waals surface area (Å²) in [5, 5.41) is 63.3. The van der Waals surface area contributed by atoms with Gasteiger partial charge in [-0.25, -0.2) is 0 Å². The van der Waals surface area contributed by atoms with E-state index in [-0.39, 0.29) is 19.4 Å². The van der Waals surface area contributed by atoms with Gasteiger partial charge in [0.05, 0.1) is 37.1 Å². The zero-order chi connectivity index (χ0) is 31.0. The Balaban J connectivity index is 1.49. The molecule has 17 nitrogen and oxygen atoms in total. The molecule has 0 aromatic heterocycles. The number of hydrogen-bond donors (Lipinski definition) is 11. The van der Waals surface area contributed by atoms with Crippen LogP contribution < -0.4 is 28.7 Å². The second kappa shape index (κ2) is 14.2. The number of rotatable bonds is 9. The molecule has 3 heterocycles. The number of aliphatic hydroxyl groups is 6. The number of ether oxygens (including phenoxy) is 6. The van der Waals surface area contributed by atoms with Crippen LogP contribution >= 0.6 is 0 Å². The van der Waals surface area contributed by atoms with Crippen LogP contribution in [0, 0.1) is 5.92 Å². The van der Waals surface area contributed by atoms with E-state index in [0.29, 0.717) is 0 Å². The van der Waals surface area contributed by atoms with Crippen molar-refractivity contribution < 1.29 is 59.1 Å². The number of hydrogen-bond acceptors (Lipinski definition) is 17. The molecule has 0 bridgehead atoms. The molecule has 4 rings (SSSR count). The molecule has 0 aromatic rings. The highest BCUT2D eigenvalue weighted by atomic mass is 16.8. The summed E-state index contributed by atoms with van der Waals surface area (Å²) in [5.74, 6) is -0.724. The van der Waals surface area contributed by atoms with Crippen LogP contribution in [-0.2, 0) is 28.4 Å². The van der Waals surface area contributed by atoms with E-state index >= 15 is 0 Å². The van der Waals surface area contributed by atoms with E-state index in [1.807, 2.05) is 0 Å². The van der Waals surface area contributed by atoms with Crippen molar-refractivity contribution in [3.63, 3.8) is 0 Å². The average Bonchev–Trinajstić information content (AvgIpc) is 3.24. The van der Waals surface area contributed by atoms with Crippen molar-refractivity contribution in [1.29, 1.82) is 0 Å². The van der Waals surface area contributed by atoms with Crippen LogP contribution in [0.25, 0.3) is 0 Å². The van der Waals surface area contributed by atoms with Gasteiger partial charge in [0.15, 0.2) is 18.9 Å². The van der Waals surface area contributed by atoms with Crippen molar-refractivity contribution >= 4 is 0 Å². The van der Waals surface area contributed by atoms with E-state index in [1.165, 1.54) is 0 Å². The van der Waals surface area contributed by atoms with Crippen LogP contribution in [0.15, 0.2) is 0 Å². The normalized spacial score (nSPS) is 52.8. The number of aliphatic hydroxyl groups excluding tert-OH is 6. The summed E-state index contributed by atoms with van der Waals surface area (Å²) in [6.45, 7) is 2.63. The van der Waals surface area contributed by atoms with Crippen molar-refractivity contribution in [2.24, 2.45) is 34.6 Å². The summed E-state index contributed by atoms with van der Waals surface area (Å²) in [6.07, 6.45) is -15.7. The van der Waals surface area contributed by atoms with Crippen molar-refractivity contribution in [3.8, 4) is 0 Å². The van der Waals surface area contributed by atoms with Crippen LogP contribution in [0.2, 0.25) is 0 Å². The molecule has 1 aliphatic carbocycles. The van der Waals surface area contributed by atoms with Crippen LogP contribution in [-0.4, -0.2) is 154 Å². The Hall–Kier alpha value is -0.680. The van der Waals surface area contributed by atoms with Crippen molar-refractivity contribution in [3.05, 3.63) is 0 Å². The van der Waals surface area contributed by atoms with Gasteiger partial charge in [0.1, 0.15) is 42.7 Å². The lowest BCUT2D eigenvalue weighted by atomic mass is 9.84. The van der Waals surface area contributed by atoms with Crippen LogP contribution in [0.1, 0.15) is 26.7 Å². The molecule has 0 aromatic carbocycles. The molecular weight excluding hydrogens is 562 g/mol. The third kappa shape index (κ3) is 6.92. The molecule has 19 atom stereocenters. The standard InChI is InChI=1S/C25H49N5O12/c1-7-16(33)18(35)13(5-26)38-23(7)41-21-14(6-31)39-25(19(21)36)42-22-17(34)9(28)3-10(29)20(22)40-24-15(30)11(32)4-12(37-24)8(2)27/h7-25,31-36H,3-6,26-30H2,1-2H3. The van der Waals surface area contributed by atoms with Gasteiger partial charge in [-0.15, -0.1) is 0 Å². The molecule has 17 heteroatoms. The first-order valence-electron chi connectivity index (χ1n) is 14.4. The lowest BCUT2D eigenvalue weighted by Gasteiger charge is -2.46. The Morgan fingerprint density at radius 1 is 0.738 bits per heavy atom. The van der Waals surface area contributed by atoms with Gasteiger partial charge in [-0.3, -0.25) is 0 Å². The maximum absolute atomic E-state index is 11.2. The maximum atomic E-state index is 11.2. The van der Waals surface area contributed by atoms with Crippen LogP contribution in [0.5, 0.6) is 0 Å². The molecule has 0 amide bonds. The second-order valence-electron chi connectivity index (χ2n) is 12.0. The summed E-state index contributed by atoms with van der Waals surface area (Å²) >= 11 is 0. The summed E-state index contributed by atoms with van der Waals surface area (Å²) in [7, 11) is 0. The van der Waals surface area contributed by atoms with E-state index in [2.05, 4.69) is 0 Å². The minimum atomic E-state index is -1.52. The lowest BCUT2D eigenvalue weighted by molar-refractivity contribution is -0.299. The molecule has 3 saturated heterocycles. The predicted octanol–water partition coefficient (Wildman–Crippen LogP) is -6.17. The topological polar surface area (TPSA) is 307 Å². The Kier molecular flexibility index (Phi) is 11.5. The highest BCUT2D eigenvalue weighted by Crippen LogP contribution is 2.35. The quantitative estimate of drug-likeness (QED) is 0.115. The van der Waals surface area contributed by atoms with Gasteiger partial charge in [0.2, 0.25) is 0 Å². The Bertz CT molecular complexity index is 865. The minimum absolute atomic E-state index is 0.0957. The predicted molar refractivity (Wildman–Crippen MR) is 143 cm³/mol. The van der Waals surface area contributed by atoms with E-state index in [1.54, 1.807) is 13.8 Å². The van der Waals surface area contributed by atoms with Crippen molar-refractivity contribution in [1.82, 2.24) is 0 Å². The molecular formula is C25H49N5O12. The van der Waals surface area contributed by atoms with Crippen molar-refractivity contribution in [2.75, 3.05) is 13.2 Å². The fraction of sp³-hybridized carbons (Fsp3) is 1.00. The molecule has 3 aliphatic heterocycles. The summed E-state index contributed by atoms with van der Waals surface area (Å²) in [4.78, 5) is 0. The molecule has 4 aliphatic rings. The zero-order valence-electron chi connectivity index (χ0n) is 23.8. The van der Waals surface area contributed by atoms with Gasteiger partial charge in [-0.2, -0.15) is 0 Å². The SMILES string of the molecule is CC(N)C1CC(O)C(N)C(OC2C(N)CC(N)C(O)C2OC2OC(CO)C(OC3OC(CN)C(O)C(O)C3C)C2O)O1. The summed E-state index contributed by atoms with van der Waals surface area (Å²) < 4.78 is 35.5. The van der Waals surface area contributed by atoms with Crippen molar-refractivity contribution in [2.45, 2.75) is 137 Å². The highest BCUT2D eigenvalue weighted by Gasteiger charge is 2.53. The van der Waals surface area contributed by atoms with Gasteiger partial charge in [-0.1, -0.05) is 6.92 Å². The van der Waals surface area contributed by atoms with Gasteiger partial charge < -0.3 is 87.7 Å². The molecule has 0 spiro atoms. The van der Waals surface area contributed by atoms with Gasteiger partial charge in [-0.05, 0) is 13.3 Å². The first-order chi connectivity index (χ1) is 19.8. The lowest BCUT2D eigenvalue weighted by Crippen LogP contribution is -2.66. The Labute approximate surface area is 244 Å². The van der Waals surface area contributed by atoms with Crippen LogP contribution in [0.4, 0.5) is 0 Å². The maximum Gasteiger partial charge on any atom is 0.187 e. The van der Waals surface area contributed by atoms with E-state index < -0.39 is 123 Å². The summed E-state index contributed by atoms with van der Waals surface area (Å²) in [5.41, 5.74) is 30.3. The minimum Gasteiger partial charge on any atom is -0.394 e. The third-order valence-corrected chi connectivity index (χ3v) is 8.78. The van der Waals surface area contributed by atoms with E-state index in [0.717, 1.165) is 0 Å². The smallest absolute Gasteiger partial charge is 0.187 e. The van der Waals surface area contributed by atoms with E-state index in [4.69, 9.17) is 57.1 Å². The van der Waals surface area contributed by atoms with Gasteiger partial charge in [0, 0.05) is 37.0 Å². The molecule has 0 radical (unpaired) electrons. The van der Waals surface area contributed by atoms with Gasteiger partial charge >= 0.3 is 0 Å². The largest absolute Gasteiger partial charge is 0.394 e. The average molecular weight is 612 g/mol. The third-order valence-electron chi connectivity index (χ3n) is 8.78. The fourth-order valence-corrected chi connectivity index (χ4v) is 5.98. The van der Waals surface area contributed by atoms with Gasteiger partial charge in [0.25, 0.3) is 0 Å². The molecule has 42 heavy (non-hydrogen) atoms. The molecule has 4 fully saturated rings. The molecule has 246 valence electrons. The molecule has 19 unspecified atom stereocenters. The van der Waals surface area contributed by atoms with Crippen LogP contribution in [0.3, 0.4) is 0 Å². The molecule has 1 saturated carbocycles. The number of nitrogens with two attached hydrogens (primary N) is 5. The highest BCUT2D eigenvalue weighted by molar-refractivity contribution is 5.01. The summed E-state index contributed by atoms with van der Waals surface area (Å²) in [6, 6.07) is -2.97.